The summed E-state index contributed by atoms with van der Waals surface area (Å²) in [4.78, 5) is 0. The second-order valence-corrected chi connectivity index (χ2v) is 8.72. The summed E-state index contributed by atoms with van der Waals surface area (Å²) in [6.07, 6.45) is 3.69. The predicted molar refractivity (Wildman–Crippen MR) is 90.0 cm³/mol. The van der Waals surface area contributed by atoms with Crippen LogP contribution < -0.4 is 5.32 Å². The van der Waals surface area contributed by atoms with Crippen molar-refractivity contribution < 1.29 is 9.84 Å². The van der Waals surface area contributed by atoms with Gasteiger partial charge in [-0.25, -0.2) is 0 Å². The first-order valence-electron chi connectivity index (χ1n) is 8.11. The Morgan fingerprint density at radius 1 is 1.29 bits per heavy atom. The fourth-order valence-corrected chi connectivity index (χ4v) is 4.09. The summed E-state index contributed by atoms with van der Waals surface area (Å²) in [7, 11) is 0. The molecule has 3 nitrogen and oxygen atoms in total. The van der Waals surface area contributed by atoms with Gasteiger partial charge in [-0.3, -0.25) is 0 Å². The van der Waals surface area contributed by atoms with E-state index in [1.54, 1.807) is 0 Å². The van der Waals surface area contributed by atoms with Crippen LogP contribution in [-0.4, -0.2) is 36.0 Å². The molecule has 2 aliphatic carbocycles. The Morgan fingerprint density at radius 3 is 2.33 bits per heavy atom. The number of halogens is 1. The highest BCUT2D eigenvalue weighted by atomic mass is 35.5. The quantitative estimate of drug-likeness (QED) is 0.816. The Balaban J connectivity index is 0.00000220. The smallest absolute Gasteiger partial charge is 0.0898 e. The van der Waals surface area contributed by atoms with Crippen LogP contribution in [-0.2, 0) is 4.74 Å². The van der Waals surface area contributed by atoms with Crippen LogP contribution in [0.1, 0.15) is 60.8 Å². The van der Waals surface area contributed by atoms with E-state index in [1.165, 1.54) is 19.3 Å². The van der Waals surface area contributed by atoms with E-state index in [9.17, 15) is 5.11 Å². The minimum Gasteiger partial charge on any atom is -0.389 e. The van der Waals surface area contributed by atoms with Gasteiger partial charge in [0, 0.05) is 12.1 Å². The van der Waals surface area contributed by atoms with E-state index in [-0.39, 0.29) is 23.4 Å². The molecule has 2 N–H and O–H groups in total. The maximum absolute atomic E-state index is 10.1. The van der Waals surface area contributed by atoms with Crippen molar-refractivity contribution in [2.24, 2.45) is 16.7 Å². The van der Waals surface area contributed by atoms with E-state index in [1.807, 2.05) is 0 Å². The molecule has 0 amide bonds. The van der Waals surface area contributed by atoms with Gasteiger partial charge in [-0.15, -0.1) is 12.4 Å². The first-order chi connectivity index (χ1) is 9.06. The van der Waals surface area contributed by atoms with Crippen LogP contribution in [0, 0.1) is 16.7 Å². The normalized spacial score (nSPS) is 35.6. The number of nitrogens with one attached hydrogen (secondary N) is 1. The number of ether oxygens (including phenoxy) is 1. The third-order valence-electron chi connectivity index (χ3n) is 6.07. The molecule has 0 saturated heterocycles. The molecule has 0 spiro atoms. The van der Waals surface area contributed by atoms with Gasteiger partial charge in [-0.2, -0.15) is 0 Å². The fraction of sp³-hybridized carbons (Fsp3) is 1.00. The van der Waals surface area contributed by atoms with E-state index in [0.29, 0.717) is 24.7 Å². The van der Waals surface area contributed by atoms with Crippen molar-refractivity contribution >= 4 is 12.4 Å². The van der Waals surface area contributed by atoms with E-state index >= 15 is 0 Å². The minimum absolute atomic E-state index is 0. The van der Waals surface area contributed by atoms with Crippen molar-refractivity contribution in [1.82, 2.24) is 5.32 Å². The fourth-order valence-electron chi connectivity index (χ4n) is 4.09. The molecule has 4 heteroatoms. The average molecular weight is 320 g/mol. The summed E-state index contributed by atoms with van der Waals surface area (Å²) in [5.41, 5.74) is 0.711. The SMILES string of the molecule is CC(C)(C)NCC(O)COC1CC2CCC1(C)C2(C)C.Cl. The van der Waals surface area contributed by atoms with Gasteiger partial charge in [0.25, 0.3) is 0 Å². The first-order valence-corrected chi connectivity index (χ1v) is 8.11. The number of hydrogen-bond donors (Lipinski definition) is 2. The third-order valence-corrected chi connectivity index (χ3v) is 6.07. The molecular formula is C17H34ClNO2. The van der Waals surface area contributed by atoms with Gasteiger partial charge in [0.05, 0.1) is 18.8 Å². The Labute approximate surface area is 136 Å². The molecule has 0 aromatic heterocycles. The number of rotatable bonds is 5. The molecular weight excluding hydrogens is 286 g/mol. The third kappa shape index (κ3) is 3.74. The zero-order valence-corrected chi connectivity index (χ0v) is 15.3. The zero-order valence-electron chi connectivity index (χ0n) is 14.5. The number of β-amino-alcohol motifs (C(OH)–C–C–N with tert-alkyl or cyclic N) is 1. The molecule has 0 radical (unpaired) electrons. The average Bonchev–Trinajstić information content (AvgIpc) is 2.65. The Bertz CT molecular complexity index is 353. The summed E-state index contributed by atoms with van der Waals surface area (Å²) < 4.78 is 6.11. The molecule has 0 aromatic rings. The van der Waals surface area contributed by atoms with Crippen molar-refractivity contribution in [3.63, 3.8) is 0 Å². The summed E-state index contributed by atoms with van der Waals surface area (Å²) in [5.74, 6) is 0.794. The molecule has 2 saturated carbocycles. The highest BCUT2D eigenvalue weighted by molar-refractivity contribution is 5.85. The second kappa shape index (κ2) is 6.35. The van der Waals surface area contributed by atoms with Gasteiger partial charge in [0.15, 0.2) is 0 Å². The molecule has 4 unspecified atom stereocenters. The van der Waals surface area contributed by atoms with Crippen LogP contribution in [0.5, 0.6) is 0 Å². The van der Waals surface area contributed by atoms with Crippen LogP contribution in [0.25, 0.3) is 0 Å². The summed E-state index contributed by atoms with van der Waals surface area (Å²) in [5, 5.41) is 13.4. The highest BCUT2D eigenvalue weighted by Crippen LogP contribution is 2.66. The van der Waals surface area contributed by atoms with Crippen LogP contribution in [0.4, 0.5) is 0 Å². The van der Waals surface area contributed by atoms with Gasteiger partial charge in [0.2, 0.25) is 0 Å². The zero-order chi connectivity index (χ0) is 15.2. The van der Waals surface area contributed by atoms with E-state index in [4.69, 9.17) is 4.74 Å². The molecule has 0 aliphatic heterocycles. The first kappa shape index (κ1) is 19.2. The molecule has 4 atom stereocenters. The maximum Gasteiger partial charge on any atom is 0.0898 e. The Morgan fingerprint density at radius 2 is 1.90 bits per heavy atom. The Hall–Kier alpha value is 0.170. The van der Waals surface area contributed by atoms with Gasteiger partial charge < -0.3 is 15.2 Å². The topological polar surface area (TPSA) is 41.5 Å². The van der Waals surface area contributed by atoms with Crippen molar-refractivity contribution in [1.29, 1.82) is 0 Å². The monoisotopic (exact) mass is 319 g/mol. The highest BCUT2D eigenvalue weighted by Gasteiger charge is 2.61. The van der Waals surface area contributed by atoms with Crippen LogP contribution >= 0.6 is 12.4 Å². The summed E-state index contributed by atoms with van der Waals surface area (Å²) in [6, 6.07) is 0. The minimum atomic E-state index is -0.417. The van der Waals surface area contributed by atoms with E-state index < -0.39 is 6.10 Å². The van der Waals surface area contributed by atoms with E-state index in [0.717, 1.165) is 5.92 Å². The lowest BCUT2D eigenvalue weighted by Crippen LogP contribution is -2.43. The number of hydrogen-bond acceptors (Lipinski definition) is 3. The van der Waals surface area contributed by atoms with Crippen molar-refractivity contribution in [3.8, 4) is 0 Å². The van der Waals surface area contributed by atoms with Gasteiger partial charge in [-0.1, -0.05) is 20.8 Å². The molecule has 126 valence electrons. The van der Waals surface area contributed by atoms with Crippen molar-refractivity contribution in [2.75, 3.05) is 13.2 Å². The van der Waals surface area contributed by atoms with Gasteiger partial charge >= 0.3 is 0 Å². The molecule has 0 heterocycles. The van der Waals surface area contributed by atoms with E-state index in [2.05, 4.69) is 46.9 Å². The number of aliphatic hydroxyl groups excluding tert-OH is 1. The molecule has 2 rings (SSSR count). The molecule has 0 aromatic carbocycles. The molecule has 2 aliphatic rings. The standard InChI is InChI=1S/C17H33NO2.ClH/c1-15(2,3)18-10-13(19)11-20-14-9-12-7-8-17(14,6)16(12,4)5;/h12-14,18-19H,7-11H2,1-6H3;1H. The lowest BCUT2D eigenvalue weighted by atomic mass is 9.70. The Kier molecular flexibility index (Phi) is 5.81. The second-order valence-electron chi connectivity index (χ2n) is 8.72. The van der Waals surface area contributed by atoms with Crippen molar-refractivity contribution in [2.45, 2.75) is 78.6 Å². The predicted octanol–water partition coefficient (Wildman–Crippen LogP) is 3.39. The van der Waals surface area contributed by atoms with Gasteiger partial charge in [0.1, 0.15) is 0 Å². The lowest BCUT2D eigenvalue weighted by Gasteiger charge is -2.39. The van der Waals surface area contributed by atoms with Crippen LogP contribution in [0.15, 0.2) is 0 Å². The lowest BCUT2D eigenvalue weighted by molar-refractivity contribution is -0.0748. The molecule has 2 bridgehead atoms. The molecule has 21 heavy (non-hydrogen) atoms. The molecule has 2 fully saturated rings. The maximum atomic E-state index is 10.1. The summed E-state index contributed by atoms with van der Waals surface area (Å²) >= 11 is 0. The van der Waals surface area contributed by atoms with Crippen molar-refractivity contribution in [3.05, 3.63) is 0 Å². The van der Waals surface area contributed by atoms with Crippen LogP contribution in [0.3, 0.4) is 0 Å². The van der Waals surface area contributed by atoms with Crippen LogP contribution in [0.2, 0.25) is 0 Å². The largest absolute Gasteiger partial charge is 0.389 e. The summed E-state index contributed by atoms with van der Waals surface area (Å²) in [6.45, 7) is 14.5. The van der Waals surface area contributed by atoms with Gasteiger partial charge in [-0.05, 0) is 56.8 Å². The number of fused-ring (bicyclic) bond motifs is 2. The number of aliphatic hydroxyl groups is 1.